The number of para-hydroxylation sites is 1. The summed E-state index contributed by atoms with van der Waals surface area (Å²) in [6, 6.07) is 3.80. The molecule has 2 rings (SSSR count). The fourth-order valence-electron chi connectivity index (χ4n) is 1.71. The van der Waals surface area contributed by atoms with E-state index in [4.69, 9.17) is 16.7 Å². The molecule has 0 spiro atoms. The minimum absolute atomic E-state index is 0.0533. The number of benzene rings is 1. The second-order valence-electron chi connectivity index (χ2n) is 3.98. The van der Waals surface area contributed by atoms with Crippen LogP contribution in [0.15, 0.2) is 23.1 Å². The van der Waals surface area contributed by atoms with Gasteiger partial charge in [0.05, 0.1) is 17.3 Å². The van der Waals surface area contributed by atoms with E-state index < -0.39 is 22.4 Å². The summed E-state index contributed by atoms with van der Waals surface area (Å²) in [6.07, 6.45) is 0. The van der Waals surface area contributed by atoms with E-state index in [2.05, 4.69) is 14.9 Å². The Morgan fingerprint density at radius 3 is 2.80 bits per heavy atom. The first kappa shape index (κ1) is 14.8. The topological polar surface area (TPSA) is 95.1 Å². The lowest BCUT2D eigenvalue weighted by Gasteiger charge is -2.10. The first-order chi connectivity index (χ1) is 9.36. The summed E-state index contributed by atoms with van der Waals surface area (Å²) in [6.45, 7) is 0.912. The van der Waals surface area contributed by atoms with E-state index in [9.17, 15) is 12.8 Å². The van der Waals surface area contributed by atoms with Crippen molar-refractivity contribution in [1.82, 2.24) is 10.2 Å². The lowest BCUT2D eigenvalue weighted by Crippen LogP contribution is -2.16. The Morgan fingerprint density at radius 2 is 2.20 bits per heavy atom. The number of aromatic amines is 1. The van der Waals surface area contributed by atoms with Gasteiger partial charge < -0.3 is 5.11 Å². The van der Waals surface area contributed by atoms with E-state index in [0.717, 1.165) is 6.07 Å². The van der Waals surface area contributed by atoms with Gasteiger partial charge in [-0.15, -0.1) is 0 Å². The molecule has 0 bridgehead atoms. The predicted octanol–water partition coefficient (Wildman–Crippen LogP) is 1.80. The molecule has 1 aromatic heterocycles. The minimum Gasteiger partial charge on any atom is -0.390 e. The standard InChI is InChI=1S/C11H11ClFN3O3S/c1-6-11(9(5-17)15-14-6)20(18,19)16-10-7(12)3-2-4-8(10)13/h2-4,16-17H,5H2,1H3,(H,14,15). The van der Waals surface area contributed by atoms with Crippen LogP contribution in [0.4, 0.5) is 10.1 Å². The fraction of sp³-hybridized carbons (Fsp3) is 0.182. The molecule has 0 aliphatic heterocycles. The molecule has 3 N–H and O–H groups in total. The number of hydrogen-bond donors (Lipinski definition) is 3. The summed E-state index contributed by atoms with van der Waals surface area (Å²) in [7, 11) is -4.12. The Morgan fingerprint density at radius 1 is 1.50 bits per heavy atom. The molecule has 0 saturated carbocycles. The van der Waals surface area contributed by atoms with Crippen LogP contribution >= 0.6 is 11.6 Å². The van der Waals surface area contributed by atoms with Crippen LogP contribution in [0.5, 0.6) is 0 Å². The number of anilines is 1. The SMILES string of the molecule is Cc1[nH]nc(CO)c1S(=O)(=O)Nc1c(F)cccc1Cl. The van der Waals surface area contributed by atoms with Crippen LogP contribution in [0.3, 0.4) is 0 Å². The van der Waals surface area contributed by atoms with Gasteiger partial charge >= 0.3 is 0 Å². The number of aryl methyl sites for hydroxylation is 1. The molecular weight excluding hydrogens is 309 g/mol. The predicted molar refractivity (Wildman–Crippen MR) is 71.5 cm³/mol. The molecular formula is C11H11ClFN3O3S. The molecule has 0 saturated heterocycles. The van der Waals surface area contributed by atoms with Crippen LogP contribution in [0.2, 0.25) is 5.02 Å². The van der Waals surface area contributed by atoms with Gasteiger partial charge in [0.25, 0.3) is 10.0 Å². The van der Waals surface area contributed by atoms with E-state index in [1.807, 2.05) is 0 Å². The van der Waals surface area contributed by atoms with Crippen molar-refractivity contribution in [3.63, 3.8) is 0 Å². The first-order valence-corrected chi connectivity index (χ1v) is 7.34. The zero-order valence-corrected chi connectivity index (χ0v) is 11.9. The summed E-state index contributed by atoms with van der Waals surface area (Å²) in [5, 5.41) is 15.1. The van der Waals surface area contributed by atoms with Gasteiger partial charge in [-0.3, -0.25) is 9.82 Å². The highest BCUT2D eigenvalue weighted by atomic mass is 35.5. The molecule has 0 radical (unpaired) electrons. The fourth-order valence-corrected chi connectivity index (χ4v) is 3.43. The van der Waals surface area contributed by atoms with Crippen LogP contribution in [0, 0.1) is 12.7 Å². The molecule has 108 valence electrons. The minimum atomic E-state index is -4.12. The molecule has 0 aliphatic rings. The van der Waals surface area contributed by atoms with E-state index >= 15 is 0 Å². The number of halogens is 2. The smallest absolute Gasteiger partial charge is 0.265 e. The van der Waals surface area contributed by atoms with Crippen molar-refractivity contribution >= 4 is 27.3 Å². The zero-order chi connectivity index (χ0) is 14.9. The van der Waals surface area contributed by atoms with Crippen LogP contribution in [-0.2, 0) is 16.6 Å². The number of nitrogens with one attached hydrogen (secondary N) is 2. The first-order valence-electron chi connectivity index (χ1n) is 5.48. The third-order valence-electron chi connectivity index (χ3n) is 2.58. The number of rotatable bonds is 4. The van der Waals surface area contributed by atoms with E-state index in [1.54, 1.807) is 0 Å². The van der Waals surface area contributed by atoms with Gasteiger partial charge in [0, 0.05) is 0 Å². The van der Waals surface area contributed by atoms with Crippen molar-refractivity contribution in [2.75, 3.05) is 4.72 Å². The maximum Gasteiger partial charge on any atom is 0.265 e. The van der Waals surface area contributed by atoms with Gasteiger partial charge in [-0.05, 0) is 19.1 Å². The van der Waals surface area contributed by atoms with Gasteiger partial charge in [-0.1, -0.05) is 17.7 Å². The maximum atomic E-state index is 13.6. The number of hydrogen-bond acceptors (Lipinski definition) is 4. The Kier molecular flexibility index (Phi) is 3.98. The Balaban J connectivity index is 2.49. The second-order valence-corrected chi connectivity index (χ2v) is 6.01. The third kappa shape index (κ3) is 2.62. The Bertz CT molecular complexity index is 725. The summed E-state index contributed by atoms with van der Waals surface area (Å²) < 4.78 is 40.2. The van der Waals surface area contributed by atoms with Crippen molar-refractivity contribution in [2.24, 2.45) is 0 Å². The number of nitrogens with zero attached hydrogens (tertiary/aromatic N) is 1. The molecule has 0 amide bonds. The molecule has 6 nitrogen and oxygen atoms in total. The van der Waals surface area contributed by atoms with Crippen LogP contribution in [0.25, 0.3) is 0 Å². The summed E-state index contributed by atoms with van der Waals surface area (Å²) in [5.74, 6) is -0.798. The van der Waals surface area contributed by atoms with Gasteiger partial charge in [0.2, 0.25) is 0 Å². The van der Waals surface area contributed by atoms with Gasteiger partial charge in [-0.2, -0.15) is 5.10 Å². The summed E-state index contributed by atoms with van der Waals surface area (Å²) in [4.78, 5) is -0.223. The number of aromatic nitrogens is 2. The second kappa shape index (κ2) is 5.39. The normalized spacial score (nSPS) is 11.6. The van der Waals surface area contributed by atoms with E-state index in [1.165, 1.54) is 19.1 Å². The highest BCUT2D eigenvalue weighted by Crippen LogP contribution is 2.28. The molecule has 0 fully saturated rings. The maximum absolute atomic E-state index is 13.6. The number of aliphatic hydroxyl groups excluding tert-OH is 1. The lowest BCUT2D eigenvalue weighted by atomic mass is 10.3. The summed E-state index contributed by atoms with van der Waals surface area (Å²) in [5.41, 5.74) is -0.171. The van der Waals surface area contributed by atoms with Crippen LogP contribution in [0.1, 0.15) is 11.4 Å². The molecule has 0 unspecified atom stereocenters. The lowest BCUT2D eigenvalue weighted by molar-refractivity contribution is 0.273. The summed E-state index contributed by atoms with van der Waals surface area (Å²) >= 11 is 5.77. The highest BCUT2D eigenvalue weighted by Gasteiger charge is 2.25. The number of aliphatic hydroxyl groups is 1. The van der Waals surface area contributed by atoms with Crippen molar-refractivity contribution in [3.8, 4) is 0 Å². The van der Waals surface area contributed by atoms with Crippen molar-refractivity contribution < 1.29 is 17.9 Å². The van der Waals surface area contributed by atoms with Crippen LogP contribution < -0.4 is 4.72 Å². The van der Waals surface area contributed by atoms with E-state index in [0.29, 0.717) is 0 Å². The van der Waals surface area contributed by atoms with Crippen molar-refractivity contribution in [3.05, 3.63) is 40.4 Å². The quantitative estimate of drug-likeness (QED) is 0.801. The number of H-pyrrole nitrogens is 1. The molecule has 0 aliphatic carbocycles. The van der Waals surface area contributed by atoms with Crippen LogP contribution in [-0.4, -0.2) is 23.7 Å². The Hall–Kier alpha value is -1.64. The number of sulfonamides is 1. The molecule has 9 heteroatoms. The van der Waals surface area contributed by atoms with Crippen molar-refractivity contribution in [1.29, 1.82) is 0 Å². The molecule has 1 aromatic carbocycles. The van der Waals surface area contributed by atoms with Gasteiger partial charge in [0.15, 0.2) is 0 Å². The van der Waals surface area contributed by atoms with E-state index in [-0.39, 0.29) is 27.0 Å². The molecule has 2 aromatic rings. The highest BCUT2D eigenvalue weighted by molar-refractivity contribution is 7.92. The van der Waals surface area contributed by atoms with Gasteiger partial charge in [-0.25, -0.2) is 12.8 Å². The molecule has 0 atom stereocenters. The average molecular weight is 320 g/mol. The largest absolute Gasteiger partial charge is 0.390 e. The van der Waals surface area contributed by atoms with Crippen molar-refractivity contribution in [2.45, 2.75) is 18.4 Å². The monoisotopic (exact) mass is 319 g/mol. The zero-order valence-electron chi connectivity index (χ0n) is 10.3. The third-order valence-corrected chi connectivity index (χ3v) is 4.45. The molecule has 1 heterocycles. The Labute approximate surface area is 119 Å². The molecule has 20 heavy (non-hydrogen) atoms. The average Bonchev–Trinajstić information content (AvgIpc) is 2.76. The van der Waals surface area contributed by atoms with Gasteiger partial charge in [0.1, 0.15) is 22.1 Å².